The van der Waals surface area contributed by atoms with Crippen LogP contribution in [0.3, 0.4) is 0 Å². The van der Waals surface area contributed by atoms with Gasteiger partial charge in [-0.1, -0.05) is 57.6 Å². The Morgan fingerprint density at radius 3 is 2.67 bits per heavy atom. The number of carbonyl (C=O) groups excluding carboxylic acids is 2. The van der Waals surface area contributed by atoms with Gasteiger partial charge < -0.3 is 15.3 Å². The number of nitrogens with one attached hydrogen (secondary N) is 2. The Balaban J connectivity index is 2.15. The van der Waals surface area contributed by atoms with Crippen molar-refractivity contribution >= 4 is 11.7 Å². The number of quaternary nitrogens is 1. The van der Waals surface area contributed by atoms with Crippen LogP contribution in [0.5, 0.6) is 0 Å². The molecule has 0 unspecified atom stereocenters. The summed E-state index contributed by atoms with van der Waals surface area (Å²) < 4.78 is 0. The molecule has 1 fully saturated rings. The molecule has 0 aromatic heterocycles. The molecule has 30 heavy (non-hydrogen) atoms. The van der Waals surface area contributed by atoms with E-state index in [0.29, 0.717) is 24.5 Å². The lowest BCUT2D eigenvalue weighted by atomic mass is 9.89. The Morgan fingerprint density at radius 2 is 1.93 bits per heavy atom. The average Bonchev–Trinajstić information content (AvgIpc) is 3.06. The minimum absolute atomic E-state index is 0.131. The number of allylic oxidation sites excluding steroid dienone is 1. The first-order chi connectivity index (χ1) is 14.4. The third-order valence-electron chi connectivity index (χ3n) is 6.18. The highest BCUT2D eigenvalue weighted by Crippen LogP contribution is 2.34. The van der Waals surface area contributed by atoms with Crippen molar-refractivity contribution in [2.24, 2.45) is 11.8 Å². The molecule has 1 rings (SSSR count). The Hall–Kier alpha value is -1.20. The molecule has 0 spiro atoms. The number of carbonyl (C=O) groups is 2. The SMILES string of the molecule is CCCCC[C@H](O)/C=C/[C@H]1CCC(=O)[C@@H]1CCCCCCC(=O)NCCC[NH+](C)C. The van der Waals surface area contributed by atoms with E-state index in [-0.39, 0.29) is 17.9 Å². The molecule has 1 amide bonds. The summed E-state index contributed by atoms with van der Waals surface area (Å²) in [4.78, 5) is 25.5. The predicted molar refractivity (Wildman–Crippen MR) is 124 cm³/mol. The van der Waals surface area contributed by atoms with Gasteiger partial charge in [-0.05, 0) is 31.6 Å². The quantitative estimate of drug-likeness (QED) is 0.249. The third kappa shape index (κ3) is 12.5. The summed E-state index contributed by atoms with van der Waals surface area (Å²) in [7, 11) is 4.24. The number of hydrogen-bond donors (Lipinski definition) is 3. The van der Waals surface area contributed by atoms with Gasteiger partial charge in [-0.2, -0.15) is 0 Å². The predicted octanol–water partition coefficient (Wildman–Crippen LogP) is 3.07. The molecule has 0 aliphatic heterocycles. The number of unbranched alkanes of at least 4 members (excludes halogenated alkanes) is 5. The van der Waals surface area contributed by atoms with Crippen molar-refractivity contribution in [1.29, 1.82) is 0 Å². The van der Waals surface area contributed by atoms with Gasteiger partial charge in [0.2, 0.25) is 5.91 Å². The van der Waals surface area contributed by atoms with E-state index in [9.17, 15) is 14.7 Å². The van der Waals surface area contributed by atoms with Crippen LogP contribution < -0.4 is 10.2 Å². The number of rotatable bonds is 17. The molecule has 0 saturated heterocycles. The molecule has 5 heteroatoms. The number of hydrogen-bond acceptors (Lipinski definition) is 3. The summed E-state index contributed by atoms with van der Waals surface area (Å²) in [6.07, 6.45) is 16.1. The van der Waals surface area contributed by atoms with Gasteiger partial charge in [0.15, 0.2) is 0 Å². The fourth-order valence-electron chi connectivity index (χ4n) is 4.27. The molecule has 3 atom stereocenters. The number of aliphatic hydroxyl groups excluding tert-OH is 1. The Bertz CT molecular complexity index is 505. The van der Waals surface area contributed by atoms with Gasteiger partial charge in [0.05, 0.1) is 26.7 Å². The molecule has 1 saturated carbocycles. The van der Waals surface area contributed by atoms with E-state index in [1.54, 1.807) is 0 Å². The lowest BCUT2D eigenvalue weighted by Gasteiger charge is -2.15. The largest absolute Gasteiger partial charge is 0.389 e. The van der Waals surface area contributed by atoms with Crippen LogP contribution in [0, 0.1) is 11.8 Å². The average molecular weight is 424 g/mol. The van der Waals surface area contributed by atoms with Crippen LogP contribution in [0.25, 0.3) is 0 Å². The zero-order chi connectivity index (χ0) is 22.2. The van der Waals surface area contributed by atoms with Gasteiger partial charge in [0, 0.05) is 31.7 Å². The molecule has 0 aromatic rings. The number of aliphatic hydroxyl groups is 1. The fourth-order valence-corrected chi connectivity index (χ4v) is 4.27. The highest BCUT2D eigenvalue weighted by atomic mass is 16.3. The van der Waals surface area contributed by atoms with Crippen molar-refractivity contribution in [2.45, 2.75) is 96.5 Å². The smallest absolute Gasteiger partial charge is 0.219 e. The van der Waals surface area contributed by atoms with Crippen LogP contribution >= 0.6 is 0 Å². The second-order valence-corrected chi connectivity index (χ2v) is 9.34. The van der Waals surface area contributed by atoms with Gasteiger partial charge in [-0.25, -0.2) is 0 Å². The summed E-state index contributed by atoms with van der Waals surface area (Å²) in [5.74, 6) is 0.987. The number of amides is 1. The maximum absolute atomic E-state index is 12.3. The van der Waals surface area contributed by atoms with E-state index < -0.39 is 0 Å². The molecule has 0 radical (unpaired) electrons. The van der Waals surface area contributed by atoms with Crippen LogP contribution in [-0.2, 0) is 9.59 Å². The first-order valence-electron chi connectivity index (χ1n) is 12.4. The first-order valence-corrected chi connectivity index (χ1v) is 12.4. The van der Waals surface area contributed by atoms with E-state index in [1.165, 1.54) is 4.90 Å². The normalized spacial score (nSPS) is 20.4. The van der Waals surface area contributed by atoms with E-state index in [0.717, 1.165) is 83.7 Å². The molecule has 174 valence electrons. The number of ketones is 1. The number of Topliss-reactive ketones (excluding diaryl/α,β-unsaturated/α-hetero) is 1. The van der Waals surface area contributed by atoms with Crippen molar-refractivity contribution < 1.29 is 19.6 Å². The molecule has 0 bridgehead atoms. The van der Waals surface area contributed by atoms with E-state index >= 15 is 0 Å². The Labute approximate surface area is 184 Å². The van der Waals surface area contributed by atoms with Crippen molar-refractivity contribution in [1.82, 2.24) is 5.32 Å². The van der Waals surface area contributed by atoms with Crippen LogP contribution in [0.4, 0.5) is 0 Å². The Kier molecular flexibility index (Phi) is 14.7. The second kappa shape index (κ2) is 16.5. The van der Waals surface area contributed by atoms with E-state index in [4.69, 9.17) is 0 Å². The monoisotopic (exact) mass is 423 g/mol. The van der Waals surface area contributed by atoms with Gasteiger partial charge in [0.1, 0.15) is 5.78 Å². The van der Waals surface area contributed by atoms with Gasteiger partial charge in [-0.15, -0.1) is 0 Å². The van der Waals surface area contributed by atoms with Gasteiger partial charge in [-0.3, -0.25) is 9.59 Å². The summed E-state index contributed by atoms with van der Waals surface area (Å²) in [5.41, 5.74) is 0. The molecular weight excluding hydrogens is 376 g/mol. The summed E-state index contributed by atoms with van der Waals surface area (Å²) in [6, 6.07) is 0. The molecule has 0 heterocycles. The van der Waals surface area contributed by atoms with Crippen LogP contribution in [0.2, 0.25) is 0 Å². The van der Waals surface area contributed by atoms with Gasteiger partial charge in [0.25, 0.3) is 0 Å². The van der Waals surface area contributed by atoms with Crippen molar-refractivity contribution in [3.63, 3.8) is 0 Å². The minimum atomic E-state index is -0.372. The van der Waals surface area contributed by atoms with Gasteiger partial charge >= 0.3 is 0 Å². The van der Waals surface area contributed by atoms with Crippen molar-refractivity contribution in [3.05, 3.63) is 12.2 Å². The molecule has 0 aromatic carbocycles. The minimum Gasteiger partial charge on any atom is -0.389 e. The zero-order valence-electron chi connectivity index (χ0n) is 19.8. The van der Waals surface area contributed by atoms with Crippen LogP contribution in [0.1, 0.15) is 90.4 Å². The standard InChI is InChI=1S/C25H46N2O3/c1-4-5-8-12-22(28)17-15-21-16-18-24(29)23(21)13-9-6-7-10-14-25(30)26-19-11-20-27(2)3/h15,17,21-23,28H,4-14,16,18-20H2,1-3H3,(H,26,30)/p+1/b17-15+/t21-,22-,23+/m0/s1. The third-order valence-corrected chi connectivity index (χ3v) is 6.18. The lowest BCUT2D eigenvalue weighted by Crippen LogP contribution is -3.05. The molecule has 1 aliphatic carbocycles. The molecule has 5 nitrogen and oxygen atoms in total. The molecule has 3 N–H and O–H groups in total. The second-order valence-electron chi connectivity index (χ2n) is 9.34. The maximum Gasteiger partial charge on any atom is 0.219 e. The molecular formula is C25H47N2O3+. The lowest BCUT2D eigenvalue weighted by molar-refractivity contribution is -0.858. The fraction of sp³-hybridized carbons (Fsp3) is 0.840. The summed E-state index contributed by atoms with van der Waals surface area (Å²) in [5, 5.41) is 13.1. The van der Waals surface area contributed by atoms with Crippen LogP contribution in [-0.4, -0.2) is 50.1 Å². The summed E-state index contributed by atoms with van der Waals surface area (Å²) >= 11 is 0. The van der Waals surface area contributed by atoms with Crippen LogP contribution in [0.15, 0.2) is 12.2 Å². The van der Waals surface area contributed by atoms with E-state index in [2.05, 4.69) is 32.4 Å². The first kappa shape index (κ1) is 26.8. The molecule has 1 aliphatic rings. The summed E-state index contributed by atoms with van der Waals surface area (Å²) in [6.45, 7) is 4.02. The Morgan fingerprint density at radius 1 is 1.17 bits per heavy atom. The van der Waals surface area contributed by atoms with Crippen molar-refractivity contribution in [2.75, 3.05) is 27.2 Å². The van der Waals surface area contributed by atoms with E-state index in [1.807, 2.05) is 6.08 Å². The highest BCUT2D eigenvalue weighted by Gasteiger charge is 2.32. The maximum atomic E-state index is 12.3. The topological polar surface area (TPSA) is 70.8 Å². The van der Waals surface area contributed by atoms with Crippen molar-refractivity contribution in [3.8, 4) is 0 Å². The zero-order valence-corrected chi connectivity index (χ0v) is 19.8. The highest BCUT2D eigenvalue weighted by molar-refractivity contribution is 5.83.